The summed E-state index contributed by atoms with van der Waals surface area (Å²) in [5, 5.41) is 4.28. The van der Waals surface area contributed by atoms with Crippen molar-refractivity contribution in [3.05, 3.63) is 63.7 Å². The lowest BCUT2D eigenvalue weighted by Crippen LogP contribution is -2.47. The van der Waals surface area contributed by atoms with E-state index < -0.39 is 0 Å². The zero-order valence-corrected chi connectivity index (χ0v) is 28.9. The number of nitrogens with zero attached hydrogens (tertiary/aromatic N) is 4. The van der Waals surface area contributed by atoms with Gasteiger partial charge in [-0.05, 0) is 50.6 Å². The molecule has 1 aromatic heterocycles. The molecule has 2 aromatic carbocycles. The summed E-state index contributed by atoms with van der Waals surface area (Å²) in [6.07, 6.45) is 2.57. The second kappa shape index (κ2) is 18.3. The Morgan fingerprint density at radius 3 is 2.37 bits per heavy atom. The fourth-order valence-electron chi connectivity index (χ4n) is 5.22. The molecule has 0 bridgehead atoms. The van der Waals surface area contributed by atoms with Crippen molar-refractivity contribution in [3.8, 4) is 17.2 Å². The second-order valence-electron chi connectivity index (χ2n) is 9.89. The minimum atomic E-state index is -0.137. The van der Waals surface area contributed by atoms with E-state index in [1.807, 2.05) is 43.3 Å². The average molecular weight is 718 g/mol. The first-order valence-electron chi connectivity index (χ1n) is 13.6. The Kier molecular flexibility index (Phi) is 16.7. The fourth-order valence-corrected chi connectivity index (χ4v) is 5.63. The van der Waals surface area contributed by atoms with Crippen LogP contribution in [0.1, 0.15) is 41.8 Å². The van der Waals surface area contributed by atoms with Crippen molar-refractivity contribution < 1.29 is 14.3 Å². The number of piperazine rings is 1. The van der Waals surface area contributed by atoms with Crippen molar-refractivity contribution in [1.29, 1.82) is 0 Å². The summed E-state index contributed by atoms with van der Waals surface area (Å²) in [6, 6.07) is 11.6. The van der Waals surface area contributed by atoms with Crippen molar-refractivity contribution in [3.63, 3.8) is 0 Å². The van der Waals surface area contributed by atoms with E-state index in [0.29, 0.717) is 35.5 Å². The van der Waals surface area contributed by atoms with Gasteiger partial charge in [0.2, 0.25) is 0 Å². The lowest BCUT2D eigenvalue weighted by molar-refractivity contribution is 0.0946. The van der Waals surface area contributed by atoms with Crippen LogP contribution < -0.4 is 19.7 Å². The van der Waals surface area contributed by atoms with Crippen LogP contribution in [0, 0.1) is 6.92 Å². The number of anilines is 1. The lowest BCUT2D eigenvalue weighted by atomic mass is 10.2. The number of fused-ring (bicyclic) bond motifs is 1. The van der Waals surface area contributed by atoms with E-state index in [-0.39, 0.29) is 55.5 Å². The Morgan fingerprint density at radius 1 is 0.977 bits per heavy atom. The maximum Gasteiger partial charge on any atom is 0.271 e. The molecule has 0 spiro atoms. The molecule has 2 aliphatic rings. The number of benzene rings is 2. The molecule has 3 heterocycles. The summed E-state index contributed by atoms with van der Waals surface area (Å²) < 4.78 is 13.5. The molecule has 14 heteroatoms. The van der Waals surface area contributed by atoms with Gasteiger partial charge in [-0.2, -0.15) is 0 Å². The molecule has 43 heavy (non-hydrogen) atoms. The number of carbonyl (C=O) groups is 1. The largest absolute Gasteiger partial charge is 0.486 e. The highest BCUT2D eigenvalue weighted by Gasteiger charge is 2.23. The molecule has 0 radical (unpaired) electrons. The van der Waals surface area contributed by atoms with Crippen LogP contribution in [-0.2, 0) is 6.42 Å². The van der Waals surface area contributed by atoms with Crippen molar-refractivity contribution in [2.24, 2.45) is 0 Å². The number of amides is 1. The van der Waals surface area contributed by atoms with Crippen LogP contribution >= 0.6 is 72.8 Å². The Labute approximate surface area is 288 Å². The minimum absolute atomic E-state index is 0. The summed E-state index contributed by atoms with van der Waals surface area (Å²) in [5.74, 6) is 2.19. The van der Waals surface area contributed by atoms with Gasteiger partial charge >= 0.3 is 0 Å². The fraction of sp³-hybridized carbons (Fsp3) is 0.448. The van der Waals surface area contributed by atoms with E-state index in [2.05, 4.69) is 26.6 Å². The zero-order valence-electron chi connectivity index (χ0n) is 24.1. The Balaban J connectivity index is 0.00000231. The number of halogens is 6. The lowest BCUT2D eigenvalue weighted by Gasteiger charge is -2.36. The Bertz CT molecular complexity index is 1330. The van der Waals surface area contributed by atoms with E-state index in [9.17, 15) is 4.79 Å². The van der Waals surface area contributed by atoms with Crippen LogP contribution in [0.5, 0.6) is 11.5 Å². The highest BCUT2D eigenvalue weighted by Crippen LogP contribution is 2.34. The van der Waals surface area contributed by atoms with E-state index in [1.54, 1.807) is 0 Å². The van der Waals surface area contributed by atoms with Gasteiger partial charge in [0.05, 0.1) is 27.1 Å². The molecule has 1 fully saturated rings. The number of ether oxygens (including phenoxy) is 2. The van der Waals surface area contributed by atoms with E-state index in [0.717, 1.165) is 86.4 Å². The van der Waals surface area contributed by atoms with Crippen LogP contribution in [0.2, 0.25) is 10.0 Å². The molecule has 3 aromatic rings. The van der Waals surface area contributed by atoms with Crippen LogP contribution in [-0.4, -0.2) is 72.8 Å². The summed E-state index contributed by atoms with van der Waals surface area (Å²) in [5.41, 5.74) is 3.21. The summed E-state index contributed by atoms with van der Waals surface area (Å²) >= 11 is 12.6. The SMILES string of the molecule is CCCc1nc(C(=O)NCCCN2CCN(c3cccc(Cl)c3Cl)CC2)c(C)n1-c1ccc2c(c1)OCCO2.Cl.Cl.Cl.Cl. The first-order chi connectivity index (χ1) is 19.0. The van der Waals surface area contributed by atoms with Crippen LogP contribution in [0.3, 0.4) is 0 Å². The first-order valence-corrected chi connectivity index (χ1v) is 14.4. The minimum Gasteiger partial charge on any atom is -0.486 e. The molecule has 5 rings (SSSR count). The van der Waals surface area contributed by atoms with Gasteiger partial charge in [-0.25, -0.2) is 4.98 Å². The highest BCUT2D eigenvalue weighted by atomic mass is 35.5. The van der Waals surface area contributed by atoms with Gasteiger partial charge in [0.25, 0.3) is 5.91 Å². The Hall–Kier alpha value is -1.78. The summed E-state index contributed by atoms with van der Waals surface area (Å²) in [7, 11) is 0. The van der Waals surface area contributed by atoms with Gasteiger partial charge in [-0.3, -0.25) is 9.69 Å². The zero-order chi connectivity index (χ0) is 27.4. The molecular weight excluding hydrogens is 679 g/mol. The summed E-state index contributed by atoms with van der Waals surface area (Å²) in [6.45, 7) is 10.3. The second-order valence-corrected chi connectivity index (χ2v) is 10.7. The molecular formula is C29H39Cl6N5O3. The highest BCUT2D eigenvalue weighted by molar-refractivity contribution is 6.43. The molecule has 1 amide bonds. The van der Waals surface area contributed by atoms with Gasteiger partial charge in [-0.1, -0.05) is 36.2 Å². The normalized spacial score (nSPS) is 14.0. The number of rotatable bonds is 9. The van der Waals surface area contributed by atoms with Crippen molar-refractivity contribution in [2.45, 2.75) is 33.1 Å². The average Bonchev–Trinajstić information content (AvgIpc) is 3.28. The molecule has 8 nitrogen and oxygen atoms in total. The van der Waals surface area contributed by atoms with Gasteiger partial charge < -0.3 is 24.3 Å². The summed E-state index contributed by atoms with van der Waals surface area (Å²) in [4.78, 5) is 22.6. The van der Waals surface area contributed by atoms with Crippen LogP contribution in [0.15, 0.2) is 36.4 Å². The maximum atomic E-state index is 13.1. The van der Waals surface area contributed by atoms with E-state index in [1.165, 1.54) is 0 Å². The first kappa shape index (κ1) is 39.2. The topological polar surface area (TPSA) is 71.9 Å². The Morgan fingerprint density at radius 2 is 1.67 bits per heavy atom. The number of hydrogen-bond acceptors (Lipinski definition) is 6. The molecule has 0 atom stereocenters. The van der Waals surface area contributed by atoms with Crippen LogP contribution in [0.25, 0.3) is 5.69 Å². The smallest absolute Gasteiger partial charge is 0.271 e. The standard InChI is InChI=1S/C29H35Cl2N5O3.4ClH/c1-3-6-26-33-28(20(2)36(26)21-9-10-24-25(19-21)39-18-17-38-24)29(37)32-11-5-12-34-13-15-35(16-14-34)23-8-4-7-22(30)27(23)31;;;;/h4,7-10,19H,3,5-6,11-18H2,1-2H3,(H,32,37);4*1H. The number of imidazole rings is 1. The number of aromatic nitrogens is 2. The van der Waals surface area contributed by atoms with Crippen molar-refractivity contribution in [2.75, 3.05) is 57.4 Å². The van der Waals surface area contributed by atoms with Gasteiger partial charge in [-0.15, -0.1) is 49.6 Å². The van der Waals surface area contributed by atoms with E-state index in [4.69, 9.17) is 37.7 Å². The third kappa shape index (κ3) is 9.13. The third-order valence-electron chi connectivity index (χ3n) is 7.23. The predicted octanol–water partition coefficient (Wildman–Crippen LogP) is 6.84. The van der Waals surface area contributed by atoms with E-state index >= 15 is 0 Å². The van der Waals surface area contributed by atoms with Crippen molar-refractivity contribution >= 4 is 84.4 Å². The van der Waals surface area contributed by atoms with Crippen LogP contribution in [0.4, 0.5) is 5.69 Å². The molecule has 0 saturated carbocycles. The van der Waals surface area contributed by atoms with Crippen molar-refractivity contribution in [1.82, 2.24) is 19.8 Å². The number of carbonyl (C=O) groups excluding carboxylic acids is 1. The molecule has 0 unspecified atom stereocenters. The number of nitrogens with one attached hydrogen (secondary N) is 1. The molecule has 2 aliphatic heterocycles. The quantitative estimate of drug-likeness (QED) is 0.245. The predicted molar refractivity (Wildman–Crippen MR) is 184 cm³/mol. The molecule has 1 N–H and O–H groups in total. The molecule has 0 aliphatic carbocycles. The molecule has 240 valence electrons. The third-order valence-corrected chi connectivity index (χ3v) is 8.04. The van der Waals surface area contributed by atoms with Gasteiger partial charge in [0, 0.05) is 45.2 Å². The molecule has 1 saturated heterocycles. The maximum absolute atomic E-state index is 13.1. The number of aryl methyl sites for hydroxylation is 1. The van der Waals surface area contributed by atoms with Gasteiger partial charge in [0.1, 0.15) is 24.7 Å². The number of hydrogen-bond donors (Lipinski definition) is 1. The van der Waals surface area contributed by atoms with Gasteiger partial charge in [0.15, 0.2) is 11.5 Å². The monoisotopic (exact) mass is 715 g/mol.